The standard InChI is InChI=1S/C31H34Cl2N4O3/c1-20(2)40-27-19-25(39-4)13-14-26(27)29-35-31(3,22-7-11-24(33)12-8-22)28(21-5-9-23(32)10-6-21)37(29)30(38)36-17-15-34-16-18-36/h5-14,19-20,28,34H,15-18H2,1-4H3/t28-,31-/m0/s1. The van der Waals surface area contributed by atoms with E-state index >= 15 is 0 Å². The van der Waals surface area contributed by atoms with Crippen LogP contribution in [0.4, 0.5) is 4.79 Å². The summed E-state index contributed by atoms with van der Waals surface area (Å²) in [6, 6.07) is 20.4. The van der Waals surface area contributed by atoms with E-state index in [1.54, 1.807) is 7.11 Å². The van der Waals surface area contributed by atoms with Gasteiger partial charge >= 0.3 is 6.03 Å². The zero-order valence-electron chi connectivity index (χ0n) is 23.2. The molecule has 2 heterocycles. The van der Waals surface area contributed by atoms with Gasteiger partial charge in [-0.05, 0) is 68.3 Å². The summed E-state index contributed by atoms with van der Waals surface area (Å²) in [5, 5.41) is 4.60. The van der Waals surface area contributed by atoms with Gasteiger partial charge in [-0.2, -0.15) is 0 Å². The van der Waals surface area contributed by atoms with Crippen molar-refractivity contribution in [1.29, 1.82) is 0 Å². The third-order valence-electron chi connectivity index (χ3n) is 7.36. The van der Waals surface area contributed by atoms with Gasteiger partial charge in [-0.1, -0.05) is 47.5 Å². The molecule has 2 amide bonds. The lowest BCUT2D eigenvalue weighted by Crippen LogP contribution is -2.53. The molecule has 5 rings (SSSR count). The number of aliphatic imine (C=N–C) groups is 1. The number of carbonyl (C=O) groups is 1. The van der Waals surface area contributed by atoms with Gasteiger partial charge in [0.1, 0.15) is 22.9 Å². The van der Waals surface area contributed by atoms with Crippen LogP contribution in [0.1, 0.15) is 43.5 Å². The Morgan fingerprint density at radius 3 is 2.23 bits per heavy atom. The molecule has 0 unspecified atom stereocenters. The fourth-order valence-corrected chi connectivity index (χ4v) is 5.65. The smallest absolute Gasteiger partial charge is 0.326 e. The molecule has 0 aliphatic carbocycles. The second-order valence-electron chi connectivity index (χ2n) is 10.5. The number of carbonyl (C=O) groups excluding carboxylic acids is 1. The summed E-state index contributed by atoms with van der Waals surface area (Å²) in [5.74, 6) is 1.80. The quantitative estimate of drug-likeness (QED) is 0.360. The Hall–Kier alpha value is -3.26. The highest BCUT2D eigenvalue weighted by atomic mass is 35.5. The van der Waals surface area contributed by atoms with Crippen LogP contribution in [0.5, 0.6) is 11.5 Å². The number of methoxy groups -OCH3 is 1. The summed E-state index contributed by atoms with van der Waals surface area (Å²) < 4.78 is 11.8. The van der Waals surface area contributed by atoms with Crippen molar-refractivity contribution in [2.45, 2.75) is 38.5 Å². The molecule has 7 nitrogen and oxygen atoms in total. The molecule has 0 radical (unpaired) electrons. The third-order valence-corrected chi connectivity index (χ3v) is 7.86. The highest BCUT2D eigenvalue weighted by Crippen LogP contribution is 2.50. The molecule has 40 heavy (non-hydrogen) atoms. The maximum Gasteiger partial charge on any atom is 0.326 e. The summed E-state index contributed by atoms with van der Waals surface area (Å²) >= 11 is 12.6. The summed E-state index contributed by atoms with van der Waals surface area (Å²) in [6.45, 7) is 8.67. The van der Waals surface area contributed by atoms with Crippen LogP contribution in [0.25, 0.3) is 0 Å². The van der Waals surface area contributed by atoms with Crippen LogP contribution < -0.4 is 14.8 Å². The second kappa shape index (κ2) is 11.7. The number of hydrogen-bond acceptors (Lipinski definition) is 5. The summed E-state index contributed by atoms with van der Waals surface area (Å²) in [5.41, 5.74) is 1.73. The molecule has 0 bridgehead atoms. The van der Waals surface area contributed by atoms with Crippen LogP contribution in [-0.4, -0.2) is 61.1 Å². The number of piperazine rings is 1. The van der Waals surface area contributed by atoms with Gasteiger partial charge in [0.15, 0.2) is 0 Å². The highest BCUT2D eigenvalue weighted by molar-refractivity contribution is 6.30. The van der Waals surface area contributed by atoms with Gasteiger partial charge in [-0.3, -0.25) is 9.89 Å². The Kier molecular flexibility index (Phi) is 8.26. The lowest BCUT2D eigenvalue weighted by atomic mass is 9.81. The first-order valence-corrected chi connectivity index (χ1v) is 14.2. The van der Waals surface area contributed by atoms with Crippen molar-refractivity contribution in [3.63, 3.8) is 0 Å². The first kappa shape index (κ1) is 28.3. The Morgan fingerprint density at radius 1 is 1.00 bits per heavy atom. The van der Waals surface area contributed by atoms with E-state index in [1.807, 2.05) is 90.4 Å². The Bertz CT molecular complexity index is 1390. The van der Waals surface area contributed by atoms with Gasteiger partial charge < -0.3 is 19.7 Å². The molecule has 2 aliphatic rings. The number of nitrogens with zero attached hydrogens (tertiary/aromatic N) is 3. The van der Waals surface area contributed by atoms with Gasteiger partial charge in [0.05, 0.1) is 24.8 Å². The van der Waals surface area contributed by atoms with E-state index in [4.69, 9.17) is 37.7 Å². The molecule has 2 aliphatic heterocycles. The molecule has 2 atom stereocenters. The van der Waals surface area contributed by atoms with Crippen LogP contribution in [0, 0.1) is 0 Å². The van der Waals surface area contributed by atoms with E-state index in [9.17, 15) is 4.79 Å². The van der Waals surface area contributed by atoms with Gasteiger partial charge in [-0.15, -0.1) is 0 Å². The SMILES string of the molecule is COc1ccc(C2=N[C@@](C)(c3ccc(Cl)cc3)[C@H](c3ccc(Cl)cc3)N2C(=O)N2CCNCC2)c(OC(C)C)c1. The minimum Gasteiger partial charge on any atom is -0.497 e. The largest absolute Gasteiger partial charge is 0.497 e. The van der Waals surface area contributed by atoms with Crippen molar-refractivity contribution in [3.05, 3.63) is 93.5 Å². The zero-order valence-corrected chi connectivity index (χ0v) is 24.7. The average Bonchev–Trinajstić information content (AvgIpc) is 3.27. The number of nitrogens with one attached hydrogen (secondary N) is 1. The van der Waals surface area contributed by atoms with E-state index in [1.165, 1.54) is 0 Å². The molecule has 1 fully saturated rings. The molecule has 0 spiro atoms. The molecule has 210 valence electrons. The van der Waals surface area contributed by atoms with Crippen LogP contribution in [-0.2, 0) is 5.54 Å². The Morgan fingerprint density at radius 2 is 1.62 bits per heavy atom. The molecule has 1 saturated heterocycles. The van der Waals surface area contributed by atoms with E-state index in [0.717, 1.165) is 29.8 Å². The highest BCUT2D eigenvalue weighted by Gasteiger charge is 2.51. The molecule has 3 aromatic carbocycles. The Balaban J connectivity index is 1.75. The zero-order chi connectivity index (χ0) is 28.4. The van der Waals surface area contributed by atoms with E-state index in [-0.39, 0.29) is 12.1 Å². The second-order valence-corrected chi connectivity index (χ2v) is 11.3. The van der Waals surface area contributed by atoms with Crippen molar-refractivity contribution in [2.75, 3.05) is 33.3 Å². The molecule has 0 aromatic heterocycles. The first-order valence-electron chi connectivity index (χ1n) is 13.5. The van der Waals surface area contributed by atoms with Gasteiger partial charge in [-0.25, -0.2) is 4.79 Å². The van der Waals surface area contributed by atoms with Crippen molar-refractivity contribution in [1.82, 2.24) is 15.1 Å². The maximum atomic E-state index is 14.5. The summed E-state index contributed by atoms with van der Waals surface area (Å²) in [4.78, 5) is 23.6. The first-order chi connectivity index (χ1) is 19.2. The molecule has 1 N–H and O–H groups in total. The minimum atomic E-state index is -0.841. The van der Waals surface area contributed by atoms with Crippen LogP contribution in [0.3, 0.4) is 0 Å². The maximum absolute atomic E-state index is 14.5. The topological polar surface area (TPSA) is 66.4 Å². The predicted molar refractivity (Wildman–Crippen MR) is 160 cm³/mol. The van der Waals surface area contributed by atoms with Crippen molar-refractivity contribution < 1.29 is 14.3 Å². The van der Waals surface area contributed by atoms with Gasteiger partial charge in [0.2, 0.25) is 0 Å². The summed E-state index contributed by atoms with van der Waals surface area (Å²) in [7, 11) is 1.62. The van der Waals surface area contributed by atoms with E-state index in [0.29, 0.717) is 40.5 Å². The normalized spacial score (nSPS) is 21.0. The van der Waals surface area contributed by atoms with Crippen LogP contribution in [0.15, 0.2) is 71.7 Å². The van der Waals surface area contributed by atoms with Crippen molar-refractivity contribution in [2.24, 2.45) is 4.99 Å². The number of ether oxygens (including phenoxy) is 2. The Labute approximate surface area is 245 Å². The number of amides is 2. The van der Waals surface area contributed by atoms with E-state index in [2.05, 4.69) is 12.2 Å². The molecule has 9 heteroatoms. The van der Waals surface area contributed by atoms with Crippen LogP contribution >= 0.6 is 23.2 Å². The number of hydrogen-bond donors (Lipinski definition) is 1. The molecular formula is C31H34Cl2N4O3. The summed E-state index contributed by atoms with van der Waals surface area (Å²) in [6.07, 6.45) is -0.0973. The predicted octanol–water partition coefficient (Wildman–Crippen LogP) is 6.53. The monoisotopic (exact) mass is 580 g/mol. The van der Waals surface area contributed by atoms with Crippen molar-refractivity contribution >= 4 is 35.1 Å². The number of benzene rings is 3. The molecular weight excluding hydrogens is 547 g/mol. The number of rotatable bonds is 6. The molecule has 3 aromatic rings. The van der Waals surface area contributed by atoms with Crippen LogP contribution in [0.2, 0.25) is 10.0 Å². The average molecular weight is 582 g/mol. The van der Waals surface area contributed by atoms with Gasteiger partial charge in [0, 0.05) is 42.3 Å². The van der Waals surface area contributed by atoms with E-state index < -0.39 is 11.6 Å². The third kappa shape index (κ3) is 5.51. The number of halogens is 2. The minimum absolute atomic E-state index is 0.0973. The fraction of sp³-hybridized carbons (Fsp3) is 0.355. The van der Waals surface area contributed by atoms with Gasteiger partial charge in [0.25, 0.3) is 0 Å². The number of urea groups is 1. The number of amidine groups is 1. The fourth-order valence-electron chi connectivity index (χ4n) is 5.40. The lowest BCUT2D eigenvalue weighted by molar-refractivity contribution is 0.148. The molecule has 0 saturated carbocycles. The lowest BCUT2D eigenvalue weighted by Gasteiger charge is -2.39. The van der Waals surface area contributed by atoms with Crippen molar-refractivity contribution in [3.8, 4) is 11.5 Å².